The van der Waals surface area contributed by atoms with Gasteiger partial charge >= 0.3 is 0 Å². The second kappa shape index (κ2) is 8.70. The van der Waals surface area contributed by atoms with Crippen molar-refractivity contribution in [3.8, 4) is 0 Å². The van der Waals surface area contributed by atoms with Gasteiger partial charge in [-0.3, -0.25) is 9.48 Å². The molecule has 1 aromatic heterocycles. The topological polar surface area (TPSA) is 50.2 Å². The van der Waals surface area contributed by atoms with Crippen molar-refractivity contribution in [3.05, 3.63) is 53.9 Å². The van der Waals surface area contributed by atoms with Gasteiger partial charge < -0.3 is 10.2 Å². The summed E-state index contributed by atoms with van der Waals surface area (Å²) < 4.78 is 1.93. The Morgan fingerprint density at radius 3 is 2.67 bits per heavy atom. The maximum Gasteiger partial charge on any atom is 0.244 e. The minimum Gasteiger partial charge on any atom is -0.341 e. The van der Waals surface area contributed by atoms with Gasteiger partial charge in [-0.05, 0) is 56.2 Å². The molecule has 0 unspecified atom stereocenters. The van der Waals surface area contributed by atoms with Crippen molar-refractivity contribution in [2.45, 2.75) is 44.6 Å². The van der Waals surface area contributed by atoms with Crippen LogP contribution in [-0.4, -0.2) is 46.8 Å². The molecular weight excluding hydrogens is 336 g/mol. The lowest BCUT2D eigenvalue weighted by Gasteiger charge is -2.32. The normalized spacial score (nSPS) is 21.3. The number of rotatable bonds is 5. The molecule has 0 radical (unpaired) electrons. The monoisotopic (exact) mass is 366 g/mol. The van der Waals surface area contributed by atoms with Crippen molar-refractivity contribution in [2.75, 3.05) is 26.2 Å². The molecule has 0 spiro atoms. The van der Waals surface area contributed by atoms with Crippen molar-refractivity contribution >= 4 is 5.91 Å². The molecule has 1 amide bonds. The Hall–Kier alpha value is -2.14. The SMILES string of the molecule is O=C(Cn1nccc1[C@H]1CCCNC1)N1CCC(Cc2ccccc2)CC1. The number of nitrogens with one attached hydrogen (secondary N) is 1. The average Bonchev–Trinajstić information content (AvgIpc) is 3.18. The largest absolute Gasteiger partial charge is 0.341 e. The number of nitrogens with zero attached hydrogens (tertiary/aromatic N) is 3. The minimum absolute atomic E-state index is 0.210. The van der Waals surface area contributed by atoms with Gasteiger partial charge in [0.25, 0.3) is 0 Å². The van der Waals surface area contributed by atoms with E-state index >= 15 is 0 Å². The van der Waals surface area contributed by atoms with E-state index in [0.29, 0.717) is 18.4 Å². The molecular formula is C22H30N4O. The molecule has 5 nitrogen and oxygen atoms in total. The van der Waals surface area contributed by atoms with E-state index in [2.05, 4.69) is 46.8 Å². The zero-order chi connectivity index (χ0) is 18.5. The van der Waals surface area contributed by atoms with Gasteiger partial charge in [0.2, 0.25) is 5.91 Å². The molecule has 2 fully saturated rings. The van der Waals surface area contributed by atoms with Gasteiger partial charge in [-0.2, -0.15) is 5.10 Å². The van der Waals surface area contributed by atoms with E-state index in [1.165, 1.54) is 24.1 Å². The van der Waals surface area contributed by atoms with Gasteiger partial charge in [-0.25, -0.2) is 0 Å². The van der Waals surface area contributed by atoms with E-state index in [0.717, 1.165) is 45.4 Å². The second-order valence-electron chi connectivity index (χ2n) is 7.97. The lowest BCUT2D eigenvalue weighted by molar-refractivity contribution is -0.133. The first-order valence-corrected chi connectivity index (χ1v) is 10.3. The summed E-state index contributed by atoms with van der Waals surface area (Å²) in [5.41, 5.74) is 2.61. The highest BCUT2D eigenvalue weighted by atomic mass is 16.2. The Labute approximate surface area is 161 Å². The highest BCUT2D eigenvalue weighted by Gasteiger charge is 2.25. The summed E-state index contributed by atoms with van der Waals surface area (Å²) in [6, 6.07) is 12.8. The van der Waals surface area contributed by atoms with Crippen LogP contribution in [0, 0.1) is 5.92 Å². The van der Waals surface area contributed by atoms with E-state index in [1.54, 1.807) is 0 Å². The summed E-state index contributed by atoms with van der Waals surface area (Å²) in [4.78, 5) is 14.8. The third-order valence-electron chi connectivity index (χ3n) is 6.08. The van der Waals surface area contributed by atoms with E-state index in [4.69, 9.17) is 0 Å². The Morgan fingerprint density at radius 2 is 1.93 bits per heavy atom. The van der Waals surface area contributed by atoms with Crippen LogP contribution < -0.4 is 5.32 Å². The minimum atomic E-state index is 0.210. The summed E-state index contributed by atoms with van der Waals surface area (Å²) in [5, 5.41) is 7.89. The van der Waals surface area contributed by atoms with Gasteiger partial charge in [0.15, 0.2) is 0 Å². The number of piperidine rings is 2. The van der Waals surface area contributed by atoms with Crippen LogP contribution >= 0.6 is 0 Å². The number of amides is 1. The molecule has 2 saturated heterocycles. The van der Waals surface area contributed by atoms with Gasteiger partial charge in [0, 0.05) is 37.4 Å². The number of carbonyl (C=O) groups is 1. The smallest absolute Gasteiger partial charge is 0.244 e. The van der Waals surface area contributed by atoms with E-state index in [1.807, 2.05) is 15.8 Å². The molecule has 1 aromatic carbocycles. The quantitative estimate of drug-likeness (QED) is 0.885. The van der Waals surface area contributed by atoms with Crippen LogP contribution in [0.15, 0.2) is 42.6 Å². The third kappa shape index (κ3) is 4.59. The predicted molar refractivity (Wildman–Crippen MR) is 107 cm³/mol. The first-order valence-electron chi connectivity index (χ1n) is 10.3. The maximum absolute atomic E-state index is 12.8. The Bertz CT molecular complexity index is 728. The first-order chi connectivity index (χ1) is 13.3. The predicted octanol–water partition coefficient (Wildman–Crippen LogP) is 2.83. The number of aromatic nitrogens is 2. The molecule has 0 aliphatic carbocycles. The lowest BCUT2D eigenvalue weighted by Crippen LogP contribution is -2.41. The summed E-state index contributed by atoms with van der Waals surface area (Å²) in [6.07, 6.45) is 7.53. The average molecular weight is 367 g/mol. The van der Waals surface area contributed by atoms with Crippen molar-refractivity contribution in [2.24, 2.45) is 5.92 Å². The lowest BCUT2D eigenvalue weighted by atomic mass is 9.90. The molecule has 1 atom stereocenters. The fourth-order valence-corrected chi connectivity index (χ4v) is 4.49. The van der Waals surface area contributed by atoms with Crippen molar-refractivity contribution in [3.63, 3.8) is 0 Å². The zero-order valence-corrected chi connectivity index (χ0v) is 16.0. The molecule has 0 bridgehead atoms. The van der Waals surface area contributed by atoms with Gasteiger partial charge in [-0.15, -0.1) is 0 Å². The molecule has 5 heteroatoms. The molecule has 0 saturated carbocycles. The van der Waals surface area contributed by atoms with E-state index in [-0.39, 0.29) is 5.91 Å². The Morgan fingerprint density at radius 1 is 1.11 bits per heavy atom. The summed E-state index contributed by atoms with van der Waals surface area (Å²) in [7, 11) is 0. The Balaban J connectivity index is 1.29. The van der Waals surface area contributed by atoms with Crippen LogP contribution in [0.25, 0.3) is 0 Å². The van der Waals surface area contributed by atoms with Gasteiger partial charge in [0.1, 0.15) is 6.54 Å². The van der Waals surface area contributed by atoms with E-state index in [9.17, 15) is 4.79 Å². The zero-order valence-electron chi connectivity index (χ0n) is 16.0. The van der Waals surface area contributed by atoms with Crippen molar-refractivity contribution < 1.29 is 4.79 Å². The number of likely N-dealkylation sites (tertiary alicyclic amines) is 1. The summed E-state index contributed by atoms with van der Waals surface area (Å²) in [5.74, 6) is 1.37. The van der Waals surface area contributed by atoms with Crippen LogP contribution in [0.4, 0.5) is 0 Å². The van der Waals surface area contributed by atoms with E-state index < -0.39 is 0 Å². The fourth-order valence-electron chi connectivity index (χ4n) is 4.49. The maximum atomic E-state index is 12.8. The first kappa shape index (κ1) is 18.2. The second-order valence-corrected chi connectivity index (χ2v) is 7.97. The highest BCUT2D eigenvalue weighted by molar-refractivity contribution is 5.76. The Kier molecular flexibility index (Phi) is 5.87. The van der Waals surface area contributed by atoms with Crippen molar-refractivity contribution in [1.29, 1.82) is 0 Å². The molecule has 4 rings (SSSR count). The summed E-state index contributed by atoms with van der Waals surface area (Å²) >= 11 is 0. The fraction of sp³-hybridized carbons (Fsp3) is 0.545. The number of hydrogen-bond donors (Lipinski definition) is 1. The molecule has 27 heavy (non-hydrogen) atoms. The molecule has 2 aliphatic rings. The van der Waals surface area contributed by atoms with Crippen LogP contribution in [0.3, 0.4) is 0 Å². The number of benzene rings is 1. The standard InChI is InChI=1S/C22H30N4O/c27-22(17-26-21(8-12-24-26)20-7-4-11-23-16-20)25-13-9-19(10-14-25)15-18-5-2-1-3-6-18/h1-3,5-6,8,12,19-20,23H,4,7,9-11,13-17H2/t20-/m0/s1. The molecule has 144 valence electrons. The van der Waals surface area contributed by atoms with Gasteiger partial charge in [0.05, 0.1) is 0 Å². The molecule has 1 N–H and O–H groups in total. The van der Waals surface area contributed by atoms with Gasteiger partial charge in [-0.1, -0.05) is 30.3 Å². The van der Waals surface area contributed by atoms with Crippen LogP contribution in [0.2, 0.25) is 0 Å². The number of carbonyl (C=O) groups excluding carboxylic acids is 1. The molecule has 3 heterocycles. The highest BCUT2D eigenvalue weighted by Crippen LogP contribution is 2.24. The van der Waals surface area contributed by atoms with Crippen molar-refractivity contribution in [1.82, 2.24) is 20.0 Å². The van der Waals surface area contributed by atoms with Crippen LogP contribution in [-0.2, 0) is 17.8 Å². The number of hydrogen-bond acceptors (Lipinski definition) is 3. The van der Waals surface area contributed by atoms with Crippen LogP contribution in [0.5, 0.6) is 0 Å². The molecule has 2 aromatic rings. The van der Waals surface area contributed by atoms with Crippen LogP contribution in [0.1, 0.15) is 42.9 Å². The summed E-state index contributed by atoms with van der Waals surface area (Å²) in [6.45, 7) is 4.21. The third-order valence-corrected chi connectivity index (χ3v) is 6.08. The molecule has 2 aliphatic heterocycles.